The molecule has 1 saturated carbocycles. The number of carbonyl (C=O) groups is 2. The molecule has 0 unspecified atom stereocenters. The first-order valence-electron chi connectivity index (χ1n) is 15.2. The lowest BCUT2D eigenvalue weighted by molar-refractivity contribution is -0.123. The number of pyridine rings is 1. The highest BCUT2D eigenvalue weighted by Gasteiger charge is 2.46. The first-order chi connectivity index (χ1) is 23.3. The molecule has 3 aromatic carbocycles. The predicted molar refractivity (Wildman–Crippen MR) is 176 cm³/mol. The van der Waals surface area contributed by atoms with Gasteiger partial charge in [-0.2, -0.15) is 0 Å². The van der Waals surface area contributed by atoms with E-state index in [1.807, 2.05) is 0 Å². The fourth-order valence-corrected chi connectivity index (χ4v) is 6.30. The van der Waals surface area contributed by atoms with Gasteiger partial charge in [-0.3, -0.25) is 9.59 Å². The number of hydrogen-bond donors (Lipinski definition) is 3. The van der Waals surface area contributed by atoms with E-state index in [9.17, 15) is 23.5 Å². The molecule has 3 heterocycles. The Morgan fingerprint density at radius 1 is 1.12 bits per heavy atom. The molecule has 7 rings (SSSR count). The average molecular weight is 710 g/mol. The smallest absolute Gasteiger partial charge is 0.251 e. The first kappa shape index (κ1) is 32.8. The first-order valence-corrected chi connectivity index (χ1v) is 16.0. The van der Waals surface area contributed by atoms with Gasteiger partial charge in [0.25, 0.3) is 5.91 Å². The molecule has 2 aliphatic rings. The number of carbonyl (C=O) groups excluding carboxylic acids is 2. The van der Waals surface area contributed by atoms with Gasteiger partial charge in [0.1, 0.15) is 46.5 Å². The van der Waals surface area contributed by atoms with Gasteiger partial charge in [0, 0.05) is 22.6 Å². The van der Waals surface area contributed by atoms with Crippen LogP contribution in [0.1, 0.15) is 58.8 Å². The maximum absolute atomic E-state index is 14.7. The number of benzene rings is 3. The Kier molecular flexibility index (Phi) is 8.00. The molecule has 0 saturated heterocycles. The molecule has 0 radical (unpaired) electrons. The van der Waals surface area contributed by atoms with Crippen LogP contribution in [0.4, 0.5) is 8.78 Å². The van der Waals surface area contributed by atoms with Crippen molar-refractivity contribution in [3.63, 3.8) is 0 Å². The van der Waals surface area contributed by atoms with E-state index in [0.717, 1.165) is 25.0 Å². The zero-order valence-corrected chi connectivity index (χ0v) is 27.6. The third kappa shape index (κ3) is 5.53. The van der Waals surface area contributed by atoms with Crippen molar-refractivity contribution >= 4 is 46.1 Å². The molecular formula is C35H28Cl2F2N4O6. The molecule has 49 heavy (non-hydrogen) atoms. The van der Waals surface area contributed by atoms with Crippen molar-refractivity contribution in [3.05, 3.63) is 105 Å². The summed E-state index contributed by atoms with van der Waals surface area (Å²) in [5.41, 5.74) is 3.46. The fraction of sp³-hybridized carbons (Fsp3) is 0.257. The third-order valence-electron chi connectivity index (χ3n) is 9.02. The van der Waals surface area contributed by atoms with Gasteiger partial charge in [0.2, 0.25) is 5.91 Å². The number of rotatable bonds is 9. The van der Waals surface area contributed by atoms with Gasteiger partial charge in [-0.1, -0.05) is 35.3 Å². The van der Waals surface area contributed by atoms with Crippen molar-refractivity contribution in [1.29, 1.82) is 0 Å². The van der Waals surface area contributed by atoms with E-state index in [1.165, 1.54) is 49.6 Å². The predicted octanol–water partition coefficient (Wildman–Crippen LogP) is 6.16. The summed E-state index contributed by atoms with van der Waals surface area (Å²) in [7, 11) is 1.45. The summed E-state index contributed by atoms with van der Waals surface area (Å²) in [5, 5.41) is 14.7. The van der Waals surface area contributed by atoms with E-state index in [1.54, 1.807) is 6.92 Å². The van der Waals surface area contributed by atoms with Crippen LogP contribution < -0.4 is 20.5 Å². The molecule has 4 N–H and O–H groups in total. The van der Waals surface area contributed by atoms with E-state index in [2.05, 4.69) is 15.3 Å². The van der Waals surface area contributed by atoms with E-state index < -0.39 is 41.0 Å². The molecule has 1 aliphatic heterocycles. The lowest BCUT2D eigenvalue weighted by atomic mass is 9.80. The van der Waals surface area contributed by atoms with Crippen molar-refractivity contribution in [1.82, 2.24) is 15.3 Å². The molecule has 2 aromatic heterocycles. The zero-order valence-electron chi connectivity index (χ0n) is 26.1. The molecule has 0 bridgehead atoms. The molecule has 5 aromatic rings. The minimum absolute atomic E-state index is 0.0116. The Labute approximate surface area is 288 Å². The van der Waals surface area contributed by atoms with Crippen LogP contribution in [0.2, 0.25) is 10.0 Å². The Balaban J connectivity index is 1.35. The van der Waals surface area contributed by atoms with Crippen LogP contribution in [-0.4, -0.2) is 47.2 Å². The Morgan fingerprint density at radius 3 is 2.59 bits per heavy atom. The number of nitrogens with one attached hydrogen (secondary N) is 1. The Hall–Kier alpha value is -4.78. The van der Waals surface area contributed by atoms with Crippen LogP contribution in [0, 0.1) is 11.6 Å². The van der Waals surface area contributed by atoms with E-state index in [4.69, 9.17) is 42.8 Å². The van der Waals surface area contributed by atoms with E-state index in [-0.39, 0.29) is 62.0 Å². The highest BCUT2D eigenvalue weighted by Crippen LogP contribution is 2.48. The summed E-state index contributed by atoms with van der Waals surface area (Å²) in [6, 6.07) is 12.0. The van der Waals surface area contributed by atoms with Gasteiger partial charge in [-0.25, -0.2) is 18.7 Å². The van der Waals surface area contributed by atoms with Gasteiger partial charge in [-0.05, 0) is 67.8 Å². The lowest BCUT2D eigenvalue weighted by Gasteiger charge is -2.30. The second-order valence-corrected chi connectivity index (χ2v) is 13.1. The third-order valence-corrected chi connectivity index (χ3v) is 9.88. The van der Waals surface area contributed by atoms with Crippen LogP contribution >= 0.6 is 23.2 Å². The van der Waals surface area contributed by atoms with Crippen molar-refractivity contribution in [2.75, 3.05) is 20.3 Å². The number of halogens is 4. The number of methoxy groups -OCH3 is 1. The van der Waals surface area contributed by atoms with Crippen LogP contribution in [-0.2, 0) is 15.8 Å². The summed E-state index contributed by atoms with van der Waals surface area (Å²) in [6.07, 6.45) is 1.93. The number of aromatic nitrogens is 2. The van der Waals surface area contributed by atoms with Crippen LogP contribution in [0.3, 0.4) is 0 Å². The number of ether oxygens (including phenoxy) is 2. The summed E-state index contributed by atoms with van der Waals surface area (Å²) >= 11 is 12.6. The fourth-order valence-electron chi connectivity index (χ4n) is 5.89. The maximum Gasteiger partial charge on any atom is 0.251 e. The van der Waals surface area contributed by atoms with Crippen molar-refractivity contribution in [3.8, 4) is 22.8 Å². The maximum atomic E-state index is 14.7. The summed E-state index contributed by atoms with van der Waals surface area (Å²) in [6.45, 7) is 0.848. The van der Waals surface area contributed by atoms with E-state index in [0.29, 0.717) is 22.7 Å². The topological polar surface area (TPSA) is 150 Å². The quantitative estimate of drug-likeness (QED) is 0.154. The van der Waals surface area contributed by atoms with Crippen LogP contribution in [0.5, 0.6) is 11.5 Å². The van der Waals surface area contributed by atoms with Gasteiger partial charge in [-0.15, -0.1) is 0 Å². The summed E-state index contributed by atoms with van der Waals surface area (Å²) in [5.74, 6) is -1.59. The lowest BCUT2D eigenvalue weighted by Crippen LogP contribution is -2.43. The number of nitrogens with zero attached hydrogens (tertiary/aromatic N) is 2. The molecule has 1 fully saturated rings. The number of fused-ring (bicyclic) bond motifs is 2. The molecule has 14 heteroatoms. The van der Waals surface area contributed by atoms with Gasteiger partial charge in [0.15, 0.2) is 17.0 Å². The second kappa shape index (κ2) is 12.0. The van der Waals surface area contributed by atoms with Crippen LogP contribution in [0.15, 0.2) is 59.0 Å². The SMILES string of the molecule is COc1cc(C(=O)NC[C@@](O)(c2cccc(F)c2)c2cc3c(c(-c4ccc(F)c(Cl)c4Cl)n2)OC[C@]3(C)C(N)=O)cc2oc(C3CC3)nc12. The molecule has 252 valence electrons. The molecule has 1 aliphatic carbocycles. The summed E-state index contributed by atoms with van der Waals surface area (Å²) < 4.78 is 46.4. The minimum Gasteiger partial charge on any atom is -0.494 e. The monoisotopic (exact) mass is 708 g/mol. The van der Waals surface area contributed by atoms with Gasteiger partial charge < -0.3 is 30.0 Å². The number of nitrogens with two attached hydrogens (primary N) is 1. The van der Waals surface area contributed by atoms with E-state index >= 15 is 0 Å². The van der Waals surface area contributed by atoms with Crippen molar-refractivity contribution < 1.29 is 37.4 Å². The highest BCUT2D eigenvalue weighted by molar-refractivity contribution is 6.43. The largest absolute Gasteiger partial charge is 0.494 e. The normalized spacial score (nSPS) is 18.1. The average Bonchev–Trinajstić information content (AvgIpc) is 3.76. The summed E-state index contributed by atoms with van der Waals surface area (Å²) in [4.78, 5) is 35.7. The minimum atomic E-state index is -2.22. The van der Waals surface area contributed by atoms with Gasteiger partial charge >= 0.3 is 0 Å². The standard InChI is InChI=1S/C35H28Cl2F2N4O6/c1-34(33(40)45)15-48-30-21(34)13-25(42-28(30)20-8-9-22(39)27(37)26(20)36)35(46,18-4-3-5-19(38)12-18)14-41-31(44)17-10-23(47-2)29-24(11-17)49-32(43-29)16-6-7-16/h3-5,8-13,16,46H,6-7,14-15H2,1-2H3,(H2,40,45)(H,41,44)/t34-,35+/m0/s1. The van der Waals surface area contributed by atoms with Crippen molar-refractivity contribution in [2.45, 2.75) is 36.7 Å². The molecule has 10 nitrogen and oxygen atoms in total. The molecule has 2 amide bonds. The molecule has 2 atom stereocenters. The molecule has 0 spiro atoms. The zero-order chi connectivity index (χ0) is 34.8. The van der Waals surface area contributed by atoms with Crippen molar-refractivity contribution in [2.24, 2.45) is 5.73 Å². The Morgan fingerprint density at radius 2 is 1.90 bits per heavy atom. The Bertz CT molecular complexity index is 2190. The second-order valence-electron chi connectivity index (χ2n) is 12.3. The molecular weight excluding hydrogens is 681 g/mol. The number of aliphatic hydroxyl groups is 1. The number of primary amides is 1. The highest BCUT2D eigenvalue weighted by atomic mass is 35.5. The number of amides is 2. The van der Waals surface area contributed by atoms with Gasteiger partial charge in [0.05, 0.1) is 29.4 Å². The van der Waals surface area contributed by atoms with Crippen LogP contribution in [0.25, 0.3) is 22.4 Å². The number of oxazole rings is 1. The number of hydrogen-bond acceptors (Lipinski definition) is 8.